The van der Waals surface area contributed by atoms with Crippen LogP contribution in [0.5, 0.6) is 0 Å². The first-order chi connectivity index (χ1) is 5.63. The van der Waals surface area contributed by atoms with Crippen molar-refractivity contribution >= 4 is 11.9 Å². The third-order valence-electron chi connectivity index (χ3n) is 1.39. The van der Waals surface area contributed by atoms with E-state index in [1.807, 2.05) is 0 Å². The number of carboxylic acids is 2. The Morgan fingerprint density at radius 3 is 1.46 bits per heavy atom. The molecule has 0 aliphatic rings. The molecule has 0 atom stereocenters. The summed E-state index contributed by atoms with van der Waals surface area (Å²) in [5.74, 6) is -2.46. The van der Waals surface area contributed by atoms with Crippen LogP contribution in [-0.4, -0.2) is 22.2 Å². The summed E-state index contributed by atoms with van der Waals surface area (Å²) in [7, 11) is 0. The Morgan fingerprint density at radius 1 is 0.923 bits per heavy atom. The van der Waals surface area contributed by atoms with E-state index in [1.165, 1.54) is 24.3 Å². The standard InChI is InChI=1S/C8H6O4.Fr/c9-7(10)5-3-1-2-4-6(5)8(11)12;/h1-4H,(H,9,10)(H,11,12);. The molecule has 0 aliphatic carbocycles. The molecule has 0 fully saturated rings. The smallest absolute Gasteiger partial charge is 0.336 e. The van der Waals surface area contributed by atoms with Crippen molar-refractivity contribution in [3.8, 4) is 0 Å². The van der Waals surface area contributed by atoms with Crippen LogP contribution in [0.4, 0.5) is 0 Å². The zero-order valence-corrected chi connectivity index (χ0v) is 15.2. The van der Waals surface area contributed by atoms with Crippen LogP contribution in [0, 0.1) is 49.9 Å². The van der Waals surface area contributed by atoms with E-state index in [0.717, 1.165) is 0 Å². The molecule has 0 bridgehead atoms. The quantitative estimate of drug-likeness (QED) is 0.794. The number of carboxylic acid groups (broad SMARTS) is 2. The molecule has 5 heteroatoms. The monoisotopic (exact) mass is 389 g/mol. The van der Waals surface area contributed by atoms with Gasteiger partial charge in [-0.25, -0.2) is 9.59 Å². The summed E-state index contributed by atoms with van der Waals surface area (Å²) in [6, 6.07) is 5.48. The molecular formula is C8H6FrO4. The van der Waals surface area contributed by atoms with E-state index < -0.39 is 11.9 Å². The van der Waals surface area contributed by atoms with Gasteiger partial charge in [-0.3, -0.25) is 0 Å². The number of hydrogen-bond acceptors (Lipinski definition) is 2. The number of benzene rings is 1. The van der Waals surface area contributed by atoms with Crippen LogP contribution in [0.15, 0.2) is 24.3 Å². The number of rotatable bonds is 2. The maximum absolute atomic E-state index is 10.5. The Bertz CT molecular complexity index is 302. The molecule has 13 heavy (non-hydrogen) atoms. The van der Waals surface area contributed by atoms with Crippen molar-refractivity contribution in [1.82, 2.24) is 0 Å². The molecule has 0 saturated carbocycles. The van der Waals surface area contributed by atoms with Crippen molar-refractivity contribution in [2.75, 3.05) is 0 Å². The minimum atomic E-state index is -1.23. The molecule has 0 heterocycles. The first-order valence-electron chi connectivity index (χ1n) is 3.18. The molecule has 1 aromatic rings. The molecule has 0 amide bonds. The van der Waals surface area contributed by atoms with Gasteiger partial charge in [0.2, 0.25) is 0 Å². The molecule has 1 aromatic carbocycles. The number of hydrogen-bond donors (Lipinski definition) is 2. The summed E-state index contributed by atoms with van der Waals surface area (Å²) in [5, 5.41) is 17.1. The Labute approximate surface area is 116 Å². The Morgan fingerprint density at radius 2 is 1.23 bits per heavy atom. The normalized spacial score (nSPS) is 8.62. The van der Waals surface area contributed by atoms with E-state index in [2.05, 4.69) is 0 Å². The molecule has 2 N–H and O–H groups in total. The van der Waals surface area contributed by atoms with Gasteiger partial charge in [0, 0.05) is 49.9 Å². The summed E-state index contributed by atoms with van der Waals surface area (Å²) in [6.07, 6.45) is 0. The average molecular weight is 389 g/mol. The van der Waals surface area contributed by atoms with Crippen LogP contribution in [0.1, 0.15) is 20.7 Å². The number of aromatic carboxylic acids is 2. The van der Waals surface area contributed by atoms with Gasteiger partial charge in [-0.1, -0.05) is 12.1 Å². The van der Waals surface area contributed by atoms with Gasteiger partial charge >= 0.3 is 11.9 Å². The Balaban J connectivity index is 0.00000144. The second-order valence-corrected chi connectivity index (χ2v) is 2.16. The van der Waals surface area contributed by atoms with Crippen LogP contribution < -0.4 is 0 Å². The molecule has 63 valence electrons. The van der Waals surface area contributed by atoms with E-state index in [1.54, 1.807) is 0 Å². The maximum atomic E-state index is 10.5. The van der Waals surface area contributed by atoms with Crippen LogP contribution in [0.25, 0.3) is 0 Å². The zero-order chi connectivity index (χ0) is 9.14. The third kappa shape index (κ3) is 3.18. The van der Waals surface area contributed by atoms with Gasteiger partial charge in [-0.05, 0) is 12.1 Å². The zero-order valence-electron chi connectivity index (χ0n) is 7.02. The van der Waals surface area contributed by atoms with Gasteiger partial charge in [0.1, 0.15) is 0 Å². The SMILES string of the molecule is O=C(O)c1ccccc1C(=O)O.[Fr]. The van der Waals surface area contributed by atoms with Crippen molar-refractivity contribution in [3.63, 3.8) is 0 Å². The maximum Gasteiger partial charge on any atom is 0.336 e. The van der Waals surface area contributed by atoms with Crippen molar-refractivity contribution in [3.05, 3.63) is 35.4 Å². The fourth-order valence-electron chi connectivity index (χ4n) is 0.856. The van der Waals surface area contributed by atoms with E-state index in [0.29, 0.717) is 0 Å². The van der Waals surface area contributed by atoms with E-state index >= 15 is 0 Å². The Kier molecular flexibility index (Phi) is 5.38. The van der Waals surface area contributed by atoms with Crippen molar-refractivity contribution < 1.29 is 69.7 Å². The summed E-state index contributed by atoms with van der Waals surface area (Å²) in [6.45, 7) is 0. The summed E-state index contributed by atoms with van der Waals surface area (Å²) < 4.78 is 0. The number of carbonyl (C=O) groups is 2. The molecule has 1 radical (unpaired) electrons. The fourth-order valence-corrected chi connectivity index (χ4v) is 0.856. The first kappa shape index (κ1) is 12.8. The molecule has 0 saturated heterocycles. The minimum Gasteiger partial charge on any atom is -0.478 e. The minimum absolute atomic E-state index is 0. The van der Waals surface area contributed by atoms with Crippen molar-refractivity contribution in [2.24, 2.45) is 0 Å². The molecule has 0 aromatic heterocycles. The second-order valence-electron chi connectivity index (χ2n) is 2.16. The molecule has 0 aliphatic heterocycles. The van der Waals surface area contributed by atoms with Crippen molar-refractivity contribution in [1.29, 1.82) is 0 Å². The molecule has 1 rings (SSSR count). The summed E-state index contributed by atoms with van der Waals surface area (Å²) in [4.78, 5) is 20.9. The first-order valence-corrected chi connectivity index (χ1v) is 3.18. The predicted molar refractivity (Wildman–Crippen MR) is 40.4 cm³/mol. The van der Waals surface area contributed by atoms with E-state index in [-0.39, 0.29) is 61.0 Å². The second kappa shape index (κ2) is 5.48. The van der Waals surface area contributed by atoms with Crippen LogP contribution in [0.3, 0.4) is 0 Å². The topological polar surface area (TPSA) is 74.6 Å². The van der Waals surface area contributed by atoms with Crippen LogP contribution in [-0.2, 0) is 0 Å². The van der Waals surface area contributed by atoms with Gasteiger partial charge in [-0.15, -0.1) is 0 Å². The van der Waals surface area contributed by atoms with Gasteiger partial charge in [0.25, 0.3) is 0 Å². The summed E-state index contributed by atoms with van der Waals surface area (Å²) in [5.41, 5.74) is -0.380. The average Bonchev–Trinajstić information content (AvgIpc) is 2.04. The molecular weight excluding hydrogens is 383 g/mol. The third-order valence-corrected chi connectivity index (χ3v) is 1.39. The van der Waals surface area contributed by atoms with Gasteiger partial charge in [0.05, 0.1) is 11.1 Å². The van der Waals surface area contributed by atoms with Crippen LogP contribution >= 0.6 is 0 Å². The molecule has 0 spiro atoms. The van der Waals surface area contributed by atoms with Gasteiger partial charge in [0.15, 0.2) is 0 Å². The largest absolute Gasteiger partial charge is 0.478 e. The summed E-state index contributed by atoms with van der Waals surface area (Å²) >= 11 is 0. The van der Waals surface area contributed by atoms with Gasteiger partial charge < -0.3 is 10.2 Å². The van der Waals surface area contributed by atoms with E-state index in [9.17, 15) is 9.59 Å². The van der Waals surface area contributed by atoms with E-state index in [4.69, 9.17) is 10.2 Å². The van der Waals surface area contributed by atoms with Gasteiger partial charge in [-0.2, -0.15) is 0 Å². The Hall–Kier alpha value is -0.243. The fraction of sp³-hybridized carbons (Fsp3) is 0. The van der Waals surface area contributed by atoms with Crippen molar-refractivity contribution in [2.45, 2.75) is 0 Å². The molecule has 4 nitrogen and oxygen atoms in total. The van der Waals surface area contributed by atoms with Crippen LogP contribution in [0.2, 0.25) is 0 Å². The predicted octanol–water partition coefficient (Wildman–Crippen LogP) is 1.08. The molecule has 0 unspecified atom stereocenters.